The first-order valence-corrected chi connectivity index (χ1v) is 10.9. The maximum atomic E-state index is 13.4. The molecule has 2 aliphatic heterocycles. The fourth-order valence-corrected chi connectivity index (χ4v) is 5.29. The van der Waals surface area contributed by atoms with Crippen LogP contribution in [0.4, 0.5) is 0 Å². The molecular formula is C24H35NO4. The molecule has 5 heteroatoms. The molecular weight excluding hydrogens is 366 g/mol. The molecule has 1 aliphatic carbocycles. The monoisotopic (exact) mass is 401 g/mol. The Hall–Kier alpha value is -1.88. The molecule has 2 heterocycles. The highest BCUT2D eigenvalue weighted by Crippen LogP contribution is 2.50. The molecule has 1 amide bonds. The van der Waals surface area contributed by atoms with Crippen LogP contribution in [0.3, 0.4) is 0 Å². The number of ether oxygens (including phenoxy) is 1. The molecule has 1 spiro atoms. The van der Waals surface area contributed by atoms with Crippen LogP contribution in [0, 0.1) is 23.7 Å². The standard InChI is InChI=1S/C24H35NO4/c1-14(2)11-20-22-17(5)16(4)13-18-12-15(3)7-6-8-19(26)9-10-21(27)29-24(18,22)23(28)25-20/h9-10,12-14,17-20,22,26H,6-8,11H2,1-5H3,(H,25,28)/b10-9-,15-12-/t17-,18+,19+,20-,22+,24-/m1/s1. The third-order valence-corrected chi connectivity index (χ3v) is 6.78. The predicted octanol–water partition coefficient (Wildman–Crippen LogP) is 3.69. The first-order valence-electron chi connectivity index (χ1n) is 10.9. The Kier molecular flexibility index (Phi) is 6.37. The number of hydrogen-bond donors (Lipinski definition) is 2. The second-order valence-corrected chi connectivity index (χ2v) is 9.51. The van der Waals surface area contributed by atoms with Gasteiger partial charge in [0, 0.05) is 24.0 Å². The Bertz CT molecular complexity index is 750. The summed E-state index contributed by atoms with van der Waals surface area (Å²) in [6.45, 7) is 10.6. The van der Waals surface area contributed by atoms with Crippen molar-refractivity contribution in [2.45, 2.75) is 78.0 Å². The van der Waals surface area contributed by atoms with Crippen molar-refractivity contribution in [2.75, 3.05) is 0 Å². The van der Waals surface area contributed by atoms with Gasteiger partial charge in [-0.1, -0.05) is 44.1 Å². The van der Waals surface area contributed by atoms with Gasteiger partial charge in [0.05, 0.1) is 6.10 Å². The molecule has 0 aromatic carbocycles. The zero-order chi connectivity index (χ0) is 21.3. The van der Waals surface area contributed by atoms with Gasteiger partial charge in [0.2, 0.25) is 5.60 Å². The minimum atomic E-state index is -1.24. The van der Waals surface area contributed by atoms with Crippen molar-refractivity contribution < 1.29 is 19.4 Å². The Morgan fingerprint density at radius 2 is 2.00 bits per heavy atom. The van der Waals surface area contributed by atoms with Crippen molar-refractivity contribution in [3.05, 3.63) is 35.5 Å². The van der Waals surface area contributed by atoms with E-state index in [1.165, 1.54) is 17.7 Å². The van der Waals surface area contributed by atoms with E-state index in [-0.39, 0.29) is 29.7 Å². The van der Waals surface area contributed by atoms with E-state index in [4.69, 9.17) is 4.74 Å². The second-order valence-electron chi connectivity index (χ2n) is 9.51. The van der Waals surface area contributed by atoms with Gasteiger partial charge in [-0.3, -0.25) is 4.79 Å². The van der Waals surface area contributed by atoms with Gasteiger partial charge in [-0.15, -0.1) is 0 Å². The smallest absolute Gasteiger partial charge is 0.331 e. The van der Waals surface area contributed by atoms with Gasteiger partial charge in [0.1, 0.15) is 0 Å². The van der Waals surface area contributed by atoms with Crippen LogP contribution in [0.1, 0.15) is 60.3 Å². The highest BCUT2D eigenvalue weighted by atomic mass is 16.6. The molecule has 0 radical (unpaired) electrons. The van der Waals surface area contributed by atoms with Crippen LogP contribution in [0.5, 0.6) is 0 Å². The van der Waals surface area contributed by atoms with Gasteiger partial charge in [-0.05, 0) is 57.4 Å². The molecule has 0 aromatic heterocycles. The molecule has 0 aromatic rings. The number of aliphatic hydroxyl groups excluding tert-OH is 1. The van der Waals surface area contributed by atoms with E-state index >= 15 is 0 Å². The Morgan fingerprint density at radius 1 is 1.28 bits per heavy atom. The maximum Gasteiger partial charge on any atom is 0.331 e. The van der Waals surface area contributed by atoms with Crippen molar-refractivity contribution in [1.29, 1.82) is 0 Å². The maximum absolute atomic E-state index is 13.4. The normalized spacial score (nSPS) is 41.0. The van der Waals surface area contributed by atoms with Crippen molar-refractivity contribution >= 4 is 11.9 Å². The van der Waals surface area contributed by atoms with Crippen LogP contribution >= 0.6 is 0 Å². The summed E-state index contributed by atoms with van der Waals surface area (Å²) >= 11 is 0. The number of amides is 1. The molecule has 5 nitrogen and oxygen atoms in total. The lowest BCUT2D eigenvalue weighted by Gasteiger charge is -2.45. The molecule has 1 saturated heterocycles. The van der Waals surface area contributed by atoms with E-state index < -0.39 is 17.7 Å². The number of carbonyl (C=O) groups is 2. The minimum Gasteiger partial charge on any atom is -0.444 e. The molecule has 1 fully saturated rings. The van der Waals surface area contributed by atoms with Crippen LogP contribution in [0.15, 0.2) is 35.5 Å². The second kappa shape index (κ2) is 8.47. The molecule has 3 rings (SSSR count). The molecule has 2 N–H and O–H groups in total. The lowest BCUT2D eigenvalue weighted by atomic mass is 9.63. The van der Waals surface area contributed by atoms with Crippen LogP contribution in [0.2, 0.25) is 0 Å². The molecule has 0 unspecified atom stereocenters. The largest absolute Gasteiger partial charge is 0.444 e. The van der Waals surface area contributed by atoms with Gasteiger partial charge in [0.15, 0.2) is 0 Å². The third kappa shape index (κ3) is 4.20. The van der Waals surface area contributed by atoms with Gasteiger partial charge in [-0.2, -0.15) is 0 Å². The van der Waals surface area contributed by atoms with Crippen molar-refractivity contribution in [3.63, 3.8) is 0 Å². The van der Waals surface area contributed by atoms with E-state index in [0.29, 0.717) is 12.3 Å². The Morgan fingerprint density at radius 3 is 2.69 bits per heavy atom. The van der Waals surface area contributed by atoms with E-state index in [9.17, 15) is 14.7 Å². The van der Waals surface area contributed by atoms with Gasteiger partial charge >= 0.3 is 5.97 Å². The number of allylic oxidation sites excluding steroid dienone is 2. The molecule has 6 atom stereocenters. The first kappa shape index (κ1) is 21.8. The minimum absolute atomic E-state index is 0.0346. The highest BCUT2D eigenvalue weighted by molar-refractivity contribution is 5.94. The number of aliphatic hydroxyl groups is 1. The quantitative estimate of drug-likeness (QED) is 0.547. The fraction of sp³-hybridized carbons (Fsp3) is 0.667. The number of carbonyl (C=O) groups excluding carboxylic acids is 2. The SMILES string of the molecule is CC1=C[C@@H]2/C=C(/C)CCC[C@H](O)/C=C\C(=O)O[C@]23C(=O)N[C@H](CC(C)C)[C@@H]3[C@@H]1C. The number of hydrogen-bond acceptors (Lipinski definition) is 4. The van der Waals surface area contributed by atoms with Crippen molar-refractivity contribution in [1.82, 2.24) is 5.32 Å². The molecule has 3 aliphatic rings. The topological polar surface area (TPSA) is 75.6 Å². The van der Waals surface area contributed by atoms with E-state index in [0.717, 1.165) is 24.8 Å². The number of rotatable bonds is 2. The van der Waals surface area contributed by atoms with Crippen molar-refractivity contribution in [3.8, 4) is 0 Å². The highest BCUT2D eigenvalue weighted by Gasteiger charge is 2.64. The average Bonchev–Trinajstić information content (AvgIpc) is 2.89. The summed E-state index contributed by atoms with van der Waals surface area (Å²) in [5.74, 6) is -0.632. The van der Waals surface area contributed by atoms with Gasteiger partial charge in [-0.25, -0.2) is 4.79 Å². The molecule has 0 saturated carbocycles. The fourth-order valence-electron chi connectivity index (χ4n) is 5.29. The lowest BCUT2D eigenvalue weighted by molar-refractivity contribution is -0.172. The van der Waals surface area contributed by atoms with E-state index in [1.807, 2.05) is 0 Å². The Balaban J connectivity index is 2.13. The van der Waals surface area contributed by atoms with E-state index in [2.05, 4.69) is 52.1 Å². The molecule has 160 valence electrons. The van der Waals surface area contributed by atoms with E-state index in [1.54, 1.807) is 0 Å². The summed E-state index contributed by atoms with van der Waals surface area (Å²) < 4.78 is 6.04. The van der Waals surface area contributed by atoms with Crippen LogP contribution in [0.25, 0.3) is 0 Å². The predicted molar refractivity (Wildman–Crippen MR) is 113 cm³/mol. The summed E-state index contributed by atoms with van der Waals surface area (Å²) in [6.07, 6.45) is 9.40. The van der Waals surface area contributed by atoms with Crippen LogP contribution in [-0.4, -0.2) is 34.7 Å². The lowest BCUT2D eigenvalue weighted by Crippen LogP contribution is -2.56. The van der Waals surface area contributed by atoms with Gasteiger partial charge < -0.3 is 15.2 Å². The summed E-state index contributed by atoms with van der Waals surface area (Å²) in [5.41, 5.74) is 1.14. The number of nitrogens with one attached hydrogen (secondary N) is 1. The molecule has 29 heavy (non-hydrogen) atoms. The zero-order valence-corrected chi connectivity index (χ0v) is 18.3. The van der Waals surface area contributed by atoms with Crippen LogP contribution in [-0.2, 0) is 14.3 Å². The number of esters is 1. The summed E-state index contributed by atoms with van der Waals surface area (Å²) in [7, 11) is 0. The molecule has 0 bridgehead atoms. The average molecular weight is 402 g/mol. The third-order valence-electron chi connectivity index (χ3n) is 6.78. The van der Waals surface area contributed by atoms with Gasteiger partial charge in [0.25, 0.3) is 5.91 Å². The Labute approximate surface area is 174 Å². The zero-order valence-electron chi connectivity index (χ0n) is 18.3. The summed E-state index contributed by atoms with van der Waals surface area (Å²) in [6, 6.07) is -0.0346. The summed E-state index contributed by atoms with van der Waals surface area (Å²) in [5, 5.41) is 13.3. The van der Waals surface area contributed by atoms with Crippen LogP contribution < -0.4 is 5.32 Å². The first-order chi connectivity index (χ1) is 13.6. The van der Waals surface area contributed by atoms with Crippen molar-refractivity contribution in [2.24, 2.45) is 23.7 Å². The summed E-state index contributed by atoms with van der Waals surface area (Å²) in [4.78, 5) is 26.2.